The Kier molecular flexibility index (Phi) is 21.5. The molecule has 0 bridgehead atoms. The average Bonchev–Trinajstić information content (AvgIpc) is 3.17. The van der Waals surface area contributed by atoms with Gasteiger partial charge in [0.25, 0.3) is 0 Å². The number of esters is 1. The van der Waals surface area contributed by atoms with Gasteiger partial charge in [0.1, 0.15) is 0 Å². The highest BCUT2D eigenvalue weighted by atomic mass is 32.2. The van der Waals surface area contributed by atoms with Gasteiger partial charge in [0, 0.05) is 29.8 Å². The first-order valence-corrected chi connectivity index (χ1v) is 14.3. The molecule has 1 aromatic carbocycles. The smallest absolute Gasteiger partial charge is 0.333 e. The van der Waals surface area contributed by atoms with Crippen molar-refractivity contribution in [2.24, 2.45) is 11.8 Å². The third kappa shape index (κ3) is 20.7. The maximum atomic E-state index is 11.9. The fourth-order valence-corrected chi connectivity index (χ4v) is 4.12. The van der Waals surface area contributed by atoms with Gasteiger partial charge in [-0.2, -0.15) is 0 Å². The number of hydrogen-bond donors (Lipinski definition) is 1. The largest absolute Gasteiger partial charge is 0.463 e. The molecule has 1 aliphatic heterocycles. The van der Waals surface area contributed by atoms with E-state index < -0.39 is 0 Å². The lowest BCUT2D eigenvalue weighted by atomic mass is 10.00. The zero-order chi connectivity index (χ0) is 29.7. The second-order valence-corrected chi connectivity index (χ2v) is 12.4. The van der Waals surface area contributed by atoms with Gasteiger partial charge in [-0.05, 0) is 46.6 Å². The Hall–Kier alpha value is -2.32. The summed E-state index contributed by atoms with van der Waals surface area (Å²) in [5, 5.41) is 2.34. The van der Waals surface area contributed by atoms with E-state index in [0.29, 0.717) is 23.3 Å². The molecule has 38 heavy (non-hydrogen) atoms. The molecule has 1 unspecified atom stereocenters. The molecule has 0 saturated carbocycles. The van der Waals surface area contributed by atoms with Gasteiger partial charge in [-0.25, -0.2) is 4.79 Å². The number of likely N-dealkylation sites (N-methyl/N-ethyl adjacent to an activating group) is 1. The lowest BCUT2D eigenvalue weighted by Crippen LogP contribution is -2.43. The van der Waals surface area contributed by atoms with Crippen LogP contribution in [0.4, 0.5) is 0 Å². The predicted molar refractivity (Wildman–Crippen MR) is 162 cm³/mol. The summed E-state index contributed by atoms with van der Waals surface area (Å²) in [5.41, 5.74) is 0.466. The zero-order valence-electron chi connectivity index (χ0n) is 25.6. The summed E-state index contributed by atoms with van der Waals surface area (Å²) in [4.78, 5) is 37.6. The molecule has 1 aliphatic rings. The summed E-state index contributed by atoms with van der Waals surface area (Å²) in [6, 6.07) is 11.8. The Morgan fingerprint density at radius 1 is 1.08 bits per heavy atom. The molecule has 1 atom stereocenters. The van der Waals surface area contributed by atoms with Crippen LogP contribution in [-0.2, 0) is 19.1 Å². The molecular weight excluding hydrogens is 498 g/mol. The summed E-state index contributed by atoms with van der Waals surface area (Å²) < 4.78 is 5.43. The van der Waals surface area contributed by atoms with Crippen molar-refractivity contribution in [2.45, 2.75) is 73.1 Å². The Morgan fingerprint density at radius 2 is 1.55 bits per heavy atom. The molecule has 7 nitrogen and oxygen atoms in total. The maximum absolute atomic E-state index is 11.9. The van der Waals surface area contributed by atoms with E-state index in [1.807, 2.05) is 62.0 Å². The van der Waals surface area contributed by atoms with Crippen LogP contribution in [0, 0.1) is 11.8 Å². The van der Waals surface area contributed by atoms with Crippen LogP contribution in [0.2, 0.25) is 0 Å². The van der Waals surface area contributed by atoms with Gasteiger partial charge in [0.05, 0.1) is 19.2 Å². The molecule has 218 valence electrons. The number of nitrogens with one attached hydrogen (secondary N) is 1. The van der Waals surface area contributed by atoms with Crippen LogP contribution in [0.15, 0.2) is 48.0 Å². The number of carbonyl (C=O) groups is 3. The number of hydrogen-bond acceptors (Lipinski definition) is 6. The van der Waals surface area contributed by atoms with Gasteiger partial charge in [-0.3, -0.25) is 14.5 Å². The van der Waals surface area contributed by atoms with Gasteiger partial charge in [-0.1, -0.05) is 77.1 Å². The number of nitrogens with zero attached hydrogens (tertiary/aromatic N) is 2. The Balaban J connectivity index is 0. The SMILES string of the molecule is CC(C)C.CCOC(=O)/C(C)=C/C(C(C)C)N(C)C(=O)CNC=O.CN1CSC(C)(C)C1.c1ccccc1. The first kappa shape index (κ1) is 37.8. The fourth-order valence-electron chi connectivity index (χ4n) is 3.15. The van der Waals surface area contributed by atoms with Crippen molar-refractivity contribution in [3.63, 3.8) is 0 Å². The van der Waals surface area contributed by atoms with Gasteiger partial charge < -0.3 is 15.0 Å². The van der Waals surface area contributed by atoms with E-state index in [-0.39, 0.29) is 30.4 Å². The van der Waals surface area contributed by atoms with Crippen molar-refractivity contribution in [1.82, 2.24) is 15.1 Å². The molecule has 1 saturated heterocycles. The van der Waals surface area contributed by atoms with Crippen molar-refractivity contribution in [1.29, 1.82) is 0 Å². The number of thioether (sulfide) groups is 1. The van der Waals surface area contributed by atoms with Crippen LogP contribution in [0.5, 0.6) is 0 Å². The Morgan fingerprint density at radius 3 is 1.84 bits per heavy atom. The first-order valence-electron chi connectivity index (χ1n) is 13.3. The second kappa shape index (κ2) is 21.6. The van der Waals surface area contributed by atoms with E-state index in [0.717, 1.165) is 5.92 Å². The summed E-state index contributed by atoms with van der Waals surface area (Å²) in [7, 11) is 3.82. The minimum atomic E-state index is -0.384. The fraction of sp³-hybridized carbons (Fsp3) is 0.633. The number of amides is 2. The lowest BCUT2D eigenvalue weighted by Gasteiger charge is -2.29. The van der Waals surface area contributed by atoms with Crippen LogP contribution >= 0.6 is 11.8 Å². The third-order valence-corrected chi connectivity index (χ3v) is 6.35. The first-order chi connectivity index (χ1) is 17.7. The van der Waals surface area contributed by atoms with E-state index in [1.54, 1.807) is 27.0 Å². The van der Waals surface area contributed by atoms with Gasteiger partial charge in [0.15, 0.2) is 0 Å². The molecule has 0 spiro atoms. The second-order valence-electron chi connectivity index (χ2n) is 10.7. The summed E-state index contributed by atoms with van der Waals surface area (Å²) in [6.45, 7) is 19.9. The normalized spacial score (nSPS) is 15.0. The van der Waals surface area contributed by atoms with Gasteiger partial charge >= 0.3 is 5.97 Å². The topological polar surface area (TPSA) is 79.0 Å². The minimum Gasteiger partial charge on any atom is -0.463 e. The van der Waals surface area contributed by atoms with Gasteiger partial charge in [-0.15, -0.1) is 11.8 Å². The minimum absolute atomic E-state index is 0.0600. The van der Waals surface area contributed by atoms with Crippen molar-refractivity contribution in [3.8, 4) is 0 Å². The predicted octanol–water partition coefficient (Wildman–Crippen LogP) is 5.47. The van der Waals surface area contributed by atoms with E-state index in [9.17, 15) is 14.4 Å². The highest BCUT2D eigenvalue weighted by Gasteiger charge is 2.27. The van der Waals surface area contributed by atoms with E-state index in [4.69, 9.17) is 4.74 Å². The molecule has 1 fully saturated rings. The number of rotatable bonds is 8. The van der Waals surface area contributed by atoms with Crippen molar-refractivity contribution >= 4 is 30.0 Å². The van der Waals surface area contributed by atoms with Crippen molar-refractivity contribution in [3.05, 3.63) is 48.0 Å². The molecule has 0 radical (unpaired) electrons. The lowest BCUT2D eigenvalue weighted by molar-refractivity contribution is -0.138. The molecular formula is C30H53N3O4S. The summed E-state index contributed by atoms with van der Waals surface area (Å²) >= 11 is 2.03. The number of ether oxygens (including phenoxy) is 1. The van der Waals surface area contributed by atoms with Crippen LogP contribution in [0.3, 0.4) is 0 Å². The molecule has 2 rings (SSSR count). The maximum Gasteiger partial charge on any atom is 0.333 e. The summed E-state index contributed by atoms with van der Waals surface area (Å²) in [6.07, 6.45) is 2.21. The Bertz CT molecular complexity index is 768. The third-order valence-electron chi connectivity index (χ3n) is 4.87. The molecule has 1 heterocycles. The van der Waals surface area contributed by atoms with Crippen LogP contribution in [-0.4, -0.2) is 78.5 Å². The van der Waals surface area contributed by atoms with Gasteiger partial charge in [0.2, 0.25) is 12.3 Å². The molecule has 8 heteroatoms. The van der Waals surface area contributed by atoms with E-state index >= 15 is 0 Å². The van der Waals surface area contributed by atoms with Crippen molar-refractivity contribution < 1.29 is 19.1 Å². The molecule has 0 aromatic heterocycles. The number of benzene rings is 1. The van der Waals surface area contributed by atoms with Crippen LogP contribution in [0.25, 0.3) is 0 Å². The summed E-state index contributed by atoms with van der Waals surface area (Å²) in [5.74, 6) is 1.56. The van der Waals surface area contributed by atoms with Crippen LogP contribution < -0.4 is 5.32 Å². The molecule has 1 N–H and O–H groups in total. The number of carbonyl (C=O) groups excluding carboxylic acids is 3. The molecule has 2 amide bonds. The highest BCUT2D eigenvalue weighted by Crippen LogP contribution is 2.31. The monoisotopic (exact) mass is 551 g/mol. The van der Waals surface area contributed by atoms with E-state index in [2.05, 4.69) is 51.9 Å². The highest BCUT2D eigenvalue weighted by molar-refractivity contribution is 8.00. The van der Waals surface area contributed by atoms with Crippen molar-refractivity contribution in [2.75, 3.05) is 39.7 Å². The molecule has 0 aliphatic carbocycles. The quantitative estimate of drug-likeness (QED) is 0.262. The molecule has 1 aromatic rings. The Labute approximate surface area is 236 Å². The zero-order valence-corrected chi connectivity index (χ0v) is 26.4. The van der Waals surface area contributed by atoms with Crippen LogP contribution in [0.1, 0.15) is 62.3 Å². The van der Waals surface area contributed by atoms with E-state index in [1.165, 1.54) is 17.3 Å². The standard InChI is InChI=1S/C14H24N2O4.C6H13NS.C6H6.C4H10/c1-6-20-14(19)11(4)7-12(10(2)3)16(5)13(18)8-15-9-17;1-6(2)4-7(3)5-8-6;1-2-4-6-5-3-1;1-4(2)3/h7,9-10,12H,6,8H2,1-5H3,(H,15,17);4-5H2,1-3H3;1-6H;4H,1-3H3/b11-7+;;;. The average molecular weight is 552 g/mol.